The highest BCUT2D eigenvalue weighted by Gasteiger charge is 2.26. The molecular formula is C13H23BrN2O3. The van der Waals surface area contributed by atoms with E-state index in [2.05, 4.69) is 21.2 Å². The molecular weight excluding hydrogens is 312 g/mol. The molecule has 0 bridgehead atoms. The fraction of sp³-hybridized carbons (Fsp3) is 0.846. The smallest absolute Gasteiger partial charge is 0.407 e. The normalized spacial score (nSPS) is 14.9. The maximum Gasteiger partial charge on any atom is 0.407 e. The highest BCUT2D eigenvalue weighted by atomic mass is 79.9. The third-order valence-electron chi connectivity index (χ3n) is 2.69. The zero-order chi connectivity index (χ0) is 14.5. The molecule has 1 aliphatic carbocycles. The van der Waals surface area contributed by atoms with Gasteiger partial charge in [0.05, 0.1) is 5.33 Å². The van der Waals surface area contributed by atoms with Crippen LogP contribution >= 0.6 is 15.9 Å². The van der Waals surface area contributed by atoms with Gasteiger partial charge in [0.2, 0.25) is 5.91 Å². The fourth-order valence-corrected chi connectivity index (χ4v) is 1.98. The largest absolute Gasteiger partial charge is 0.444 e. The first-order valence-electron chi connectivity index (χ1n) is 6.62. The van der Waals surface area contributed by atoms with Gasteiger partial charge in [-0.05, 0) is 39.5 Å². The minimum absolute atomic E-state index is 0.0675. The Labute approximate surface area is 123 Å². The molecule has 0 spiro atoms. The molecule has 5 nitrogen and oxygen atoms in total. The fourth-order valence-electron chi connectivity index (χ4n) is 1.62. The molecule has 1 rings (SSSR count). The van der Waals surface area contributed by atoms with Crippen LogP contribution in [0.2, 0.25) is 0 Å². The Morgan fingerprint density at radius 1 is 1.37 bits per heavy atom. The van der Waals surface area contributed by atoms with Gasteiger partial charge >= 0.3 is 6.09 Å². The molecule has 1 saturated carbocycles. The van der Waals surface area contributed by atoms with Gasteiger partial charge in [-0.3, -0.25) is 4.79 Å². The van der Waals surface area contributed by atoms with Crippen LogP contribution in [0.1, 0.15) is 33.6 Å². The monoisotopic (exact) mass is 334 g/mol. The van der Waals surface area contributed by atoms with Crippen molar-refractivity contribution in [1.82, 2.24) is 10.2 Å². The minimum atomic E-state index is -0.497. The Morgan fingerprint density at radius 2 is 2.00 bits per heavy atom. The van der Waals surface area contributed by atoms with Gasteiger partial charge in [0.25, 0.3) is 0 Å². The van der Waals surface area contributed by atoms with E-state index in [1.54, 1.807) is 4.90 Å². The summed E-state index contributed by atoms with van der Waals surface area (Å²) in [5.41, 5.74) is -0.497. The first-order chi connectivity index (χ1) is 8.81. The van der Waals surface area contributed by atoms with E-state index in [1.807, 2.05) is 20.8 Å². The van der Waals surface area contributed by atoms with Crippen molar-refractivity contribution >= 4 is 27.9 Å². The summed E-state index contributed by atoms with van der Waals surface area (Å²) < 4.78 is 5.14. The molecule has 0 radical (unpaired) electrons. The molecule has 0 unspecified atom stereocenters. The number of amides is 2. The average molecular weight is 335 g/mol. The van der Waals surface area contributed by atoms with E-state index in [0.717, 1.165) is 6.54 Å². The Balaban J connectivity index is 2.27. The average Bonchev–Trinajstić information content (AvgIpc) is 3.08. The molecule has 6 heteroatoms. The number of halogens is 1. The lowest BCUT2D eigenvalue weighted by atomic mass is 10.2. The number of carbonyl (C=O) groups is 2. The second kappa shape index (κ2) is 7.12. The van der Waals surface area contributed by atoms with E-state index in [4.69, 9.17) is 4.74 Å². The van der Waals surface area contributed by atoms with Crippen molar-refractivity contribution in [3.63, 3.8) is 0 Å². The summed E-state index contributed by atoms with van der Waals surface area (Å²) in [6.45, 7) is 7.20. The standard InChI is InChI=1S/C13H23BrN2O3/c1-13(2,3)19-12(18)15-6-7-16(11(17)8-14)9-10-4-5-10/h10H,4-9H2,1-3H3,(H,15,18). The van der Waals surface area contributed by atoms with E-state index < -0.39 is 11.7 Å². The number of hydrogen-bond donors (Lipinski definition) is 1. The Hall–Kier alpha value is -0.780. The van der Waals surface area contributed by atoms with Gasteiger partial charge in [-0.1, -0.05) is 15.9 Å². The third-order valence-corrected chi connectivity index (χ3v) is 3.17. The van der Waals surface area contributed by atoms with Crippen molar-refractivity contribution in [2.24, 2.45) is 5.92 Å². The SMILES string of the molecule is CC(C)(C)OC(=O)NCCN(CC1CC1)C(=O)CBr. The number of ether oxygens (including phenoxy) is 1. The number of nitrogens with one attached hydrogen (secondary N) is 1. The maximum absolute atomic E-state index is 11.7. The number of alkyl halides is 1. The Morgan fingerprint density at radius 3 is 2.47 bits per heavy atom. The van der Waals surface area contributed by atoms with E-state index in [1.165, 1.54) is 12.8 Å². The summed E-state index contributed by atoms with van der Waals surface area (Å²) in [5.74, 6) is 0.711. The minimum Gasteiger partial charge on any atom is -0.444 e. The quantitative estimate of drug-likeness (QED) is 0.757. The van der Waals surface area contributed by atoms with Crippen LogP contribution in [-0.2, 0) is 9.53 Å². The van der Waals surface area contributed by atoms with Gasteiger partial charge in [-0.25, -0.2) is 4.79 Å². The van der Waals surface area contributed by atoms with Crippen molar-refractivity contribution in [2.45, 2.75) is 39.2 Å². The second-order valence-electron chi connectivity index (χ2n) is 5.85. The van der Waals surface area contributed by atoms with Crippen LogP contribution in [0.3, 0.4) is 0 Å². The molecule has 0 heterocycles. The number of hydrogen-bond acceptors (Lipinski definition) is 3. The molecule has 0 aliphatic heterocycles. The third kappa shape index (κ3) is 7.40. The lowest BCUT2D eigenvalue weighted by molar-refractivity contribution is -0.128. The highest BCUT2D eigenvalue weighted by Crippen LogP contribution is 2.29. The topological polar surface area (TPSA) is 58.6 Å². The van der Waals surface area contributed by atoms with E-state index >= 15 is 0 Å². The van der Waals surface area contributed by atoms with Crippen molar-refractivity contribution in [1.29, 1.82) is 0 Å². The van der Waals surface area contributed by atoms with Gasteiger partial charge in [0.15, 0.2) is 0 Å². The molecule has 1 aliphatic rings. The summed E-state index contributed by atoms with van der Waals surface area (Å²) in [4.78, 5) is 25.0. The predicted octanol–water partition coefficient (Wildman–Crippen LogP) is 2.14. The summed E-state index contributed by atoms with van der Waals surface area (Å²) in [6.07, 6.45) is 1.96. The number of rotatable bonds is 6. The first kappa shape index (κ1) is 16.3. The molecule has 0 aromatic rings. The molecule has 19 heavy (non-hydrogen) atoms. The summed E-state index contributed by atoms with van der Waals surface area (Å²) in [6, 6.07) is 0. The number of carbonyl (C=O) groups excluding carboxylic acids is 2. The van der Waals surface area contributed by atoms with Gasteiger partial charge in [-0.2, -0.15) is 0 Å². The molecule has 0 atom stereocenters. The second-order valence-corrected chi connectivity index (χ2v) is 6.41. The van der Waals surface area contributed by atoms with Gasteiger partial charge in [0.1, 0.15) is 5.60 Å². The van der Waals surface area contributed by atoms with E-state index in [-0.39, 0.29) is 5.91 Å². The van der Waals surface area contributed by atoms with E-state index in [0.29, 0.717) is 24.3 Å². The van der Waals surface area contributed by atoms with Crippen molar-refractivity contribution in [3.05, 3.63) is 0 Å². The molecule has 0 aromatic carbocycles. The summed E-state index contributed by atoms with van der Waals surface area (Å²) >= 11 is 3.18. The first-order valence-corrected chi connectivity index (χ1v) is 7.74. The van der Waals surface area contributed by atoms with Crippen LogP contribution in [0, 0.1) is 5.92 Å². The lowest BCUT2D eigenvalue weighted by Crippen LogP contribution is -2.41. The van der Waals surface area contributed by atoms with Crippen molar-refractivity contribution in [3.8, 4) is 0 Å². The van der Waals surface area contributed by atoms with Crippen LogP contribution in [0.5, 0.6) is 0 Å². The number of alkyl carbamates (subject to hydrolysis) is 1. The van der Waals surface area contributed by atoms with Crippen molar-refractivity contribution in [2.75, 3.05) is 25.0 Å². The lowest BCUT2D eigenvalue weighted by Gasteiger charge is -2.23. The Bertz CT molecular complexity index is 324. The molecule has 0 saturated heterocycles. The van der Waals surface area contributed by atoms with Crippen molar-refractivity contribution < 1.29 is 14.3 Å². The van der Waals surface area contributed by atoms with Gasteiger partial charge < -0.3 is 15.0 Å². The molecule has 2 amide bonds. The van der Waals surface area contributed by atoms with Crippen LogP contribution < -0.4 is 5.32 Å². The maximum atomic E-state index is 11.7. The van der Waals surface area contributed by atoms with Crippen LogP contribution in [-0.4, -0.2) is 47.5 Å². The highest BCUT2D eigenvalue weighted by molar-refractivity contribution is 9.09. The zero-order valence-electron chi connectivity index (χ0n) is 11.9. The van der Waals surface area contributed by atoms with Gasteiger partial charge in [-0.15, -0.1) is 0 Å². The van der Waals surface area contributed by atoms with Crippen LogP contribution in [0.4, 0.5) is 4.79 Å². The van der Waals surface area contributed by atoms with Crippen LogP contribution in [0.25, 0.3) is 0 Å². The van der Waals surface area contributed by atoms with Gasteiger partial charge in [0, 0.05) is 19.6 Å². The zero-order valence-corrected chi connectivity index (χ0v) is 13.5. The number of nitrogens with zero attached hydrogens (tertiary/aromatic N) is 1. The van der Waals surface area contributed by atoms with E-state index in [9.17, 15) is 9.59 Å². The summed E-state index contributed by atoms with van der Waals surface area (Å²) in [5, 5.41) is 3.00. The molecule has 1 N–H and O–H groups in total. The molecule has 110 valence electrons. The summed E-state index contributed by atoms with van der Waals surface area (Å²) in [7, 11) is 0. The van der Waals surface area contributed by atoms with Crippen LogP contribution in [0.15, 0.2) is 0 Å². The molecule has 0 aromatic heterocycles. The molecule has 1 fully saturated rings. The predicted molar refractivity (Wildman–Crippen MR) is 77.3 cm³/mol. The Kier molecular flexibility index (Phi) is 6.10.